The lowest BCUT2D eigenvalue weighted by Crippen LogP contribution is -2.32. The van der Waals surface area contributed by atoms with Crippen LogP contribution in [-0.2, 0) is 13.6 Å². The van der Waals surface area contributed by atoms with Crippen molar-refractivity contribution in [2.75, 3.05) is 11.9 Å². The van der Waals surface area contributed by atoms with E-state index in [1.165, 1.54) is 0 Å². The Hall–Kier alpha value is -3.62. The third-order valence-electron chi connectivity index (χ3n) is 5.62. The number of anilines is 2. The lowest BCUT2D eigenvalue weighted by Gasteiger charge is -2.26. The van der Waals surface area contributed by atoms with E-state index in [0.29, 0.717) is 17.5 Å². The summed E-state index contributed by atoms with van der Waals surface area (Å²) in [4.78, 5) is 23.6. The number of carbonyl (C=O) groups excluding carboxylic acids is 1. The number of aromatic nitrogens is 4. The Morgan fingerprint density at radius 3 is 2.72 bits per heavy atom. The van der Waals surface area contributed by atoms with E-state index in [1.807, 2.05) is 54.2 Å². The SMILES string of the molecule is Cn1cccc1Nc1nccc(-c2cc3n(c2)C(=O)N([C@H](CO)c2ccc(Cl)cc2)C3)n1. The van der Waals surface area contributed by atoms with Gasteiger partial charge in [0, 0.05) is 41.9 Å². The number of aryl methyl sites for hydroxylation is 1. The first-order valence-electron chi connectivity index (χ1n) is 10.1. The maximum absolute atomic E-state index is 13.1. The molecule has 0 fully saturated rings. The van der Waals surface area contributed by atoms with Gasteiger partial charge in [0.2, 0.25) is 5.95 Å². The average Bonchev–Trinajstić information content (AvgIpc) is 3.48. The van der Waals surface area contributed by atoms with Crippen molar-refractivity contribution in [2.45, 2.75) is 12.6 Å². The third-order valence-corrected chi connectivity index (χ3v) is 5.87. The van der Waals surface area contributed by atoms with Crippen molar-refractivity contribution in [2.24, 2.45) is 7.05 Å². The molecule has 3 aromatic heterocycles. The van der Waals surface area contributed by atoms with Gasteiger partial charge in [0.25, 0.3) is 0 Å². The molecule has 1 atom stereocenters. The van der Waals surface area contributed by atoms with Crippen LogP contribution in [0.15, 0.2) is 67.1 Å². The molecule has 1 aliphatic heterocycles. The first-order chi connectivity index (χ1) is 15.5. The Balaban J connectivity index is 1.38. The fraction of sp³-hybridized carbons (Fsp3) is 0.174. The summed E-state index contributed by atoms with van der Waals surface area (Å²) in [6.45, 7) is 0.220. The van der Waals surface area contributed by atoms with E-state index in [-0.39, 0.29) is 12.6 Å². The molecule has 8 nitrogen and oxygen atoms in total. The van der Waals surface area contributed by atoms with Gasteiger partial charge < -0.3 is 19.9 Å². The molecule has 4 aromatic rings. The molecule has 0 aliphatic carbocycles. The van der Waals surface area contributed by atoms with Crippen LogP contribution in [0.3, 0.4) is 0 Å². The number of halogens is 1. The fourth-order valence-corrected chi connectivity index (χ4v) is 4.05. The first-order valence-corrected chi connectivity index (χ1v) is 10.5. The summed E-state index contributed by atoms with van der Waals surface area (Å²) < 4.78 is 3.55. The Morgan fingerprint density at radius 2 is 2.03 bits per heavy atom. The number of nitrogens with zero attached hydrogens (tertiary/aromatic N) is 5. The number of fused-ring (bicyclic) bond motifs is 1. The number of carbonyl (C=O) groups is 1. The minimum atomic E-state index is -0.441. The number of hydrogen-bond donors (Lipinski definition) is 2. The first kappa shape index (κ1) is 20.3. The Morgan fingerprint density at radius 1 is 1.22 bits per heavy atom. The fourth-order valence-electron chi connectivity index (χ4n) is 3.93. The summed E-state index contributed by atoms with van der Waals surface area (Å²) in [5.74, 6) is 1.36. The zero-order valence-electron chi connectivity index (χ0n) is 17.3. The molecule has 0 spiro atoms. The quantitative estimate of drug-likeness (QED) is 0.461. The van der Waals surface area contributed by atoms with Gasteiger partial charge in [-0.2, -0.15) is 0 Å². The van der Waals surface area contributed by atoms with Crippen LogP contribution in [-0.4, -0.2) is 41.7 Å². The molecule has 0 saturated heterocycles. The molecule has 1 aromatic carbocycles. The lowest BCUT2D eigenvalue weighted by molar-refractivity contribution is 0.141. The molecule has 162 valence electrons. The second kappa shape index (κ2) is 8.14. The van der Waals surface area contributed by atoms with Crippen molar-refractivity contribution < 1.29 is 9.90 Å². The van der Waals surface area contributed by atoms with Gasteiger partial charge in [-0.1, -0.05) is 23.7 Å². The summed E-state index contributed by atoms with van der Waals surface area (Å²) >= 11 is 5.97. The van der Waals surface area contributed by atoms with E-state index < -0.39 is 6.04 Å². The molecule has 32 heavy (non-hydrogen) atoms. The van der Waals surface area contributed by atoms with Crippen LogP contribution in [0.2, 0.25) is 5.02 Å². The lowest BCUT2D eigenvalue weighted by atomic mass is 10.1. The number of aliphatic hydroxyl groups is 1. The van der Waals surface area contributed by atoms with Gasteiger partial charge >= 0.3 is 6.03 Å². The highest BCUT2D eigenvalue weighted by molar-refractivity contribution is 6.30. The highest BCUT2D eigenvalue weighted by Crippen LogP contribution is 2.32. The third kappa shape index (κ3) is 3.63. The number of aliphatic hydroxyl groups excluding tert-OH is 1. The van der Waals surface area contributed by atoms with Crippen molar-refractivity contribution >= 4 is 29.4 Å². The highest BCUT2D eigenvalue weighted by atomic mass is 35.5. The molecular weight excluding hydrogens is 428 g/mol. The van der Waals surface area contributed by atoms with Crippen LogP contribution < -0.4 is 5.32 Å². The minimum absolute atomic E-state index is 0.175. The standard InChI is InChI=1S/C23H21ClN6O2/c1-28-10-2-3-21(28)27-22-25-9-8-19(26-22)16-11-18-13-30(23(32)29(18)12-16)20(14-31)15-4-6-17(24)7-5-15/h2-12,20,31H,13-14H2,1H3,(H,25,26,27)/t20-/m1/s1. The van der Waals surface area contributed by atoms with Crippen LogP contribution in [0.25, 0.3) is 11.3 Å². The highest BCUT2D eigenvalue weighted by Gasteiger charge is 2.33. The second-order valence-electron chi connectivity index (χ2n) is 7.65. The van der Waals surface area contributed by atoms with Gasteiger partial charge in [0.1, 0.15) is 5.82 Å². The Kier molecular flexibility index (Phi) is 5.16. The van der Waals surface area contributed by atoms with E-state index in [1.54, 1.807) is 34.0 Å². The Bertz CT molecular complexity index is 1280. The molecule has 9 heteroatoms. The monoisotopic (exact) mass is 448 g/mol. The van der Waals surface area contributed by atoms with Gasteiger partial charge in [-0.15, -0.1) is 0 Å². The summed E-state index contributed by atoms with van der Waals surface area (Å²) in [6.07, 6.45) is 5.40. The maximum Gasteiger partial charge on any atom is 0.329 e. The van der Waals surface area contributed by atoms with Crippen LogP contribution in [0.5, 0.6) is 0 Å². The zero-order chi connectivity index (χ0) is 22.2. The van der Waals surface area contributed by atoms with Crippen LogP contribution >= 0.6 is 11.6 Å². The molecule has 1 aliphatic rings. The maximum atomic E-state index is 13.1. The summed E-state index contributed by atoms with van der Waals surface area (Å²) in [5, 5.41) is 13.8. The topological polar surface area (TPSA) is 88.2 Å². The summed E-state index contributed by atoms with van der Waals surface area (Å²) in [5.41, 5.74) is 3.23. The zero-order valence-corrected chi connectivity index (χ0v) is 18.1. The molecule has 0 saturated carbocycles. The van der Waals surface area contributed by atoms with Crippen LogP contribution in [0.1, 0.15) is 17.3 Å². The number of rotatable bonds is 6. The minimum Gasteiger partial charge on any atom is -0.394 e. The van der Waals surface area contributed by atoms with E-state index in [2.05, 4.69) is 15.3 Å². The molecule has 4 heterocycles. The molecule has 0 radical (unpaired) electrons. The number of hydrogen-bond acceptors (Lipinski definition) is 5. The van der Waals surface area contributed by atoms with Gasteiger partial charge in [0.05, 0.1) is 24.9 Å². The van der Waals surface area contributed by atoms with Crippen molar-refractivity contribution in [3.05, 3.63) is 83.4 Å². The predicted molar refractivity (Wildman–Crippen MR) is 122 cm³/mol. The molecule has 2 N–H and O–H groups in total. The van der Waals surface area contributed by atoms with Crippen molar-refractivity contribution in [1.82, 2.24) is 24.0 Å². The van der Waals surface area contributed by atoms with Crippen LogP contribution in [0.4, 0.5) is 16.6 Å². The largest absolute Gasteiger partial charge is 0.394 e. The van der Waals surface area contributed by atoms with Gasteiger partial charge in [0.15, 0.2) is 0 Å². The molecule has 1 amide bonds. The van der Waals surface area contributed by atoms with Gasteiger partial charge in [-0.25, -0.2) is 14.8 Å². The van der Waals surface area contributed by atoms with Gasteiger partial charge in [-0.05, 0) is 42.0 Å². The van der Waals surface area contributed by atoms with E-state index in [0.717, 1.165) is 28.3 Å². The Labute approximate surface area is 189 Å². The smallest absolute Gasteiger partial charge is 0.329 e. The van der Waals surface area contributed by atoms with E-state index in [9.17, 15) is 9.90 Å². The van der Waals surface area contributed by atoms with Crippen LogP contribution in [0, 0.1) is 0 Å². The number of benzene rings is 1. The number of amides is 1. The van der Waals surface area contributed by atoms with Crippen molar-refractivity contribution in [1.29, 1.82) is 0 Å². The van der Waals surface area contributed by atoms with E-state index in [4.69, 9.17) is 11.6 Å². The molecule has 5 rings (SSSR count). The normalized spacial score (nSPS) is 14.0. The van der Waals surface area contributed by atoms with Crippen molar-refractivity contribution in [3.8, 4) is 11.3 Å². The number of nitrogens with one attached hydrogen (secondary N) is 1. The van der Waals surface area contributed by atoms with E-state index >= 15 is 0 Å². The molecule has 0 unspecified atom stereocenters. The second-order valence-corrected chi connectivity index (χ2v) is 8.08. The predicted octanol–water partition coefficient (Wildman–Crippen LogP) is 4.20. The summed E-state index contributed by atoms with van der Waals surface area (Å²) in [6, 6.07) is 14.2. The summed E-state index contributed by atoms with van der Waals surface area (Å²) in [7, 11) is 1.94. The molecular formula is C23H21ClN6O2. The molecule has 0 bridgehead atoms. The van der Waals surface area contributed by atoms with Crippen molar-refractivity contribution in [3.63, 3.8) is 0 Å². The average molecular weight is 449 g/mol. The van der Waals surface area contributed by atoms with Gasteiger partial charge in [-0.3, -0.25) is 4.57 Å².